The molecule has 1 aliphatic rings. The van der Waals surface area contributed by atoms with Gasteiger partial charge in [-0.2, -0.15) is 4.31 Å². The molecule has 1 unspecified atom stereocenters. The Hall–Kier alpha value is -0.480. The summed E-state index contributed by atoms with van der Waals surface area (Å²) < 4.78 is 48.7. The Morgan fingerprint density at radius 3 is 2.68 bits per heavy atom. The molecule has 1 fully saturated rings. The van der Waals surface area contributed by atoms with E-state index < -0.39 is 25.9 Å². The molecule has 2 N–H and O–H groups in total. The van der Waals surface area contributed by atoms with Crippen molar-refractivity contribution in [2.24, 2.45) is 5.73 Å². The van der Waals surface area contributed by atoms with Crippen molar-refractivity contribution < 1.29 is 16.8 Å². The topological polar surface area (TPSA) is 97.5 Å². The number of nitrogens with two attached hydrogens (primary N) is 1. The lowest BCUT2D eigenvalue weighted by atomic mass is 10.3. The van der Waals surface area contributed by atoms with Crippen LogP contribution in [-0.2, 0) is 26.4 Å². The van der Waals surface area contributed by atoms with Crippen LogP contribution in [0.3, 0.4) is 0 Å². The Balaban J connectivity index is 2.25. The van der Waals surface area contributed by atoms with Gasteiger partial charge in [-0.15, -0.1) is 11.3 Å². The van der Waals surface area contributed by atoms with E-state index in [-0.39, 0.29) is 16.4 Å². The molecule has 19 heavy (non-hydrogen) atoms. The monoisotopic (exact) mass is 324 g/mol. The zero-order chi connectivity index (χ0) is 14.3. The van der Waals surface area contributed by atoms with Crippen molar-refractivity contribution >= 4 is 31.2 Å². The van der Waals surface area contributed by atoms with Gasteiger partial charge in [0.1, 0.15) is 0 Å². The number of nitrogens with zero attached hydrogens (tertiary/aromatic N) is 1. The Morgan fingerprint density at radius 2 is 2.21 bits per heavy atom. The van der Waals surface area contributed by atoms with E-state index in [1.54, 1.807) is 6.07 Å². The quantitative estimate of drug-likeness (QED) is 0.841. The number of sulfonamides is 1. The van der Waals surface area contributed by atoms with Gasteiger partial charge in [0.15, 0.2) is 9.84 Å². The van der Waals surface area contributed by atoms with E-state index in [1.165, 1.54) is 28.1 Å². The Morgan fingerprint density at radius 1 is 1.53 bits per heavy atom. The predicted molar refractivity (Wildman–Crippen MR) is 74.2 cm³/mol. The maximum atomic E-state index is 12.4. The van der Waals surface area contributed by atoms with Gasteiger partial charge in [-0.3, -0.25) is 0 Å². The molecule has 0 aromatic carbocycles. The lowest BCUT2D eigenvalue weighted by molar-refractivity contribution is 0.394. The minimum atomic E-state index is -3.64. The zero-order valence-corrected chi connectivity index (χ0v) is 12.9. The predicted octanol–water partition coefficient (Wildman–Crippen LogP) is 0.0144. The SMILES string of the molecule is CN(C1CCS(=O)(=O)C1)S(=O)(=O)c1csc(CN)c1. The molecule has 0 aliphatic carbocycles. The fourth-order valence-electron chi connectivity index (χ4n) is 2.03. The van der Waals surface area contributed by atoms with Crippen molar-refractivity contribution in [1.29, 1.82) is 0 Å². The summed E-state index contributed by atoms with van der Waals surface area (Å²) in [7, 11) is -5.31. The fourth-order valence-corrected chi connectivity index (χ4v) is 6.42. The average molecular weight is 324 g/mol. The molecular weight excluding hydrogens is 308 g/mol. The third-order valence-corrected chi connectivity index (χ3v) is 7.98. The first-order valence-corrected chi connectivity index (χ1v) is 9.86. The lowest BCUT2D eigenvalue weighted by Crippen LogP contribution is -2.37. The fraction of sp³-hybridized carbons (Fsp3) is 0.600. The highest BCUT2D eigenvalue weighted by Gasteiger charge is 2.36. The van der Waals surface area contributed by atoms with Crippen LogP contribution in [-0.4, -0.2) is 45.7 Å². The van der Waals surface area contributed by atoms with Gasteiger partial charge in [0.05, 0.1) is 16.4 Å². The van der Waals surface area contributed by atoms with Gasteiger partial charge in [-0.05, 0) is 12.5 Å². The molecule has 1 aromatic rings. The van der Waals surface area contributed by atoms with Crippen LogP contribution in [0.25, 0.3) is 0 Å². The Kier molecular flexibility index (Phi) is 4.03. The second kappa shape index (κ2) is 5.13. The van der Waals surface area contributed by atoms with Crippen molar-refractivity contribution in [2.45, 2.75) is 23.9 Å². The van der Waals surface area contributed by atoms with E-state index in [9.17, 15) is 16.8 Å². The lowest BCUT2D eigenvalue weighted by Gasteiger charge is -2.22. The third kappa shape index (κ3) is 3.00. The Bertz CT molecular complexity index is 663. The van der Waals surface area contributed by atoms with Gasteiger partial charge in [0.25, 0.3) is 0 Å². The summed E-state index contributed by atoms with van der Waals surface area (Å²) in [5.74, 6) is -0.0498. The molecule has 0 bridgehead atoms. The number of hydrogen-bond donors (Lipinski definition) is 1. The molecule has 1 aliphatic heterocycles. The normalized spacial score (nSPS) is 23.0. The molecule has 1 aromatic heterocycles. The molecule has 1 saturated heterocycles. The molecule has 6 nitrogen and oxygen atoms in total. The van der Waals surface area contributed by atoms with Crippen molar-refractivity contribution in [3.63, 3.8) is 0 Å². The van der Waals surface area contributed by atoms with Crippen molar-refractivity contribution in [3.05, 3.63) is 16.3 Å². The molecule has 0 amide bonds. The maximum Gasteiger partial charge on any atom is 0.243 e. The molecule has 1 atom stereocenters. The van der Waals surface area contributed by atoms with Crippen molar-refractivity contribution in [2.75, 3.05) is 18.6 Å². The van der Waals surface area contributed by atoms with Crippen molar-refractivity contribution in [3.8, 4) is 0 Å². The van der Waals surface area contributed by atoms with Crippen LogP contribution < -0.4 is 5.73 Å². The van der Waals surface area contributed by atoms with Gasteiger partial charge in [0, 0.05) is 29.9 Å². The highest BCUT2D eigenvalue weighted by molar-refractivity contribution is 7.92. The van der Waals surface area contributed by atoms with Crippen LogP contribution in [0.15, 0.2) is 16.3 Å². The summed E-state index contributed by atoms with van der Waals surface area (Å²) in [6.07, 6.45) is 0.353. The van der Waals surface area contributed by atoms with Gasteiger partial charge >= 0.3 is 0 Å². The van der Waals surface area contributed by atoms with Gasteiger partial charge in [0.2, 0.25) is 10.0 Å². The van der Waals surface area contributed by atoms with E-state index in [4.69, 9.17) is 5.73 Å². The summed E-state index contributed by atoms with van der Waals surface area (Å²) in [6.45, 7) is 0.293. The first-order valence-electron chi connectivity index (χ1n) is 5.72. The van der Waals surface area contributed by atoms with Crippen molar-refractivity contribution in [1.82, 2.24) is 4.31 Å². The number of hydrogen-bond acceptors (Lipinski definition) is 6. The standard InChI is InChI=1S/C10H16N2O4S3/c1-12(8-2-3-18(13,14)7-8)19(15,16)10-4-9(5-11)17-6-10/h4,6,8H,2-3,5,7,11H2,1H3. The summed E-state index contributed by atoms with van der Waals surface area (Å²) in [4.78, 5) is 0.968. The number of sulfone groups is 1. The van der Waals surface area contributed by atoms with Crippen LogP contribution >= 0.6 is 11.3 Å². The maximum absolute atomic E-state index is 12.4. The number of rotatable bonds is 4. The minimum Gasteiger partial charge on any atom is -0.326 e. The molecule has 0 radical (unpaired) electrons. The molecule has 2 rings (SSSR count). The first kappa shape index (κ1) is 14.9. The van der Waals surface area contributed by atoms with Crippen LogP contribution in [0.4, 0.5) is 0 Å². The highest BCUT2D eigenvalue weighted by Crippen LogP contribution is 2.26. The highest BCUT2D eigenvalue weighted by atomic mass is 32.2. The average Bonchev–Trinajstić information content (AvgIpc) is 2.94. The van der Waals surface area contributed by atoms with Crippen LogP contribution in [0.1, 0.15) is 11.3 Å². The van der Waals surface area contributed by atoms with Gasteiger partial charge in [-0.25, -0.2) is 16.8 Å². The van der Waals surface area contributed by atoms with Crippen LogP contribution in [0, 0.1) is 0 Å². The van der Waals surface area contributed by atoms with E-state index in [0.29, 0.717) is 13.0 Å². The zero-order valence-electron chi connectivity index (χ0n) is 10.4. The van der Waals surface area contributed by atoms with E-state index in [2.05, 4.69) is 0 Å². The molecular formula is C10H16N2O4S3. The largest absolute Gasteiger partial charge is 0.326 e. The van der Waals surface area contributed by atoms with E-state index in [1.807, 2.05) is 0 Å². The summed E-state index contributed by atoms with van der Waals surface area (Å²) in [6, 6.07) is 1.07. The Labute approximate surface area is 117 Å². The van der Waals surface area contributed by atoms with Crippen LogP contribution in [0.2, 0.25) is 0 Å². The van der Waals surface area contributed by atoms with E-state index in [0.717, 1.165) is 4.88 Å². The summed E-state index contributed by atoms with van der Waals surface area (Å²) in [5, 5.41) is 1.54. The second-order valence-corrected chi connectivity index (χ2v) is 9.75. The third-order valence-electron chi connectivity index (χ3n) is 3.23. The molecule has 108 valence electrons. The summed E-state index contributed by atoms with van der Waals surface area (Å²) >= 11 is 1.29. The number of thiophene rings is 1. The molecule has 0 spiro atoms. The summed E-state index contributed by atoms with van der Waals surface area (Å²) in [5.41, 5.74) is 5.46. The second-order valence-electron chi connectivity index (χ2n) is 4.53. The first-order chi connectivity index (χ1) is 8.76. The molecule has 2 heterocycles. The van der Waals surface area contributed by atoms with Gasteiger partial charge < -0.3 is 5.73 Å². The van der Waals surface area contributed by atoms with Gasteiger partial charge in [-0.1, -0.05) is 0 Å². The molecule has 0 saturated carbocycles. The molecule has 9 heteroatoms. The smallest absolute Gasteiger partial charge is 0.243 e. The van der Waals surface area contributed by atoms with E-state index >= 15 is 0 Å². The van der Waals surface area contributed by atoms with Crippen LogP contribution in [0.5, 0.6) is 0 Å². The minimum absolute atomic E-state index is 0.0508.